The van der Waals surface area contributed by atoms with Crippen molar-refractivity contribution in [3.05, 3.63) is 35.6 Å². The number of benzene rings is 1. The first-order chi connectivity index (χ1) is 8.38. The van der Waals surface area contributed by atoms with Crippen molar-refractivity contribution < 1.29 is 17.6 Å². The summed E-state index contributed by atoms with van der Waals surface area (Å²) in [7, 11) is 0. The largest absolute Gasteiger partial charge is 0.452 e. The molecule has 0 unspecified atom stereocenters. The summed E-state index contributed by atoms with van der Waals surface area (Å²) >= 11 is 0. The predicted octanol–water partition coefficient (Wildman–Crippen LogP) is 5.60. The van der Waals surface area contributed by atoms with Crippen LogP contribution in [0.3, 0.4) is 0 Å². The van der Waals surface area contributed by atoms with E-state index >= 15 is 0 Å². The highest BCUT2D eigenvalue weighted by molar-refractivity contribution is 5.79. The molecule has 0 bridgehead atoms. The van der Waals surface area contributed by atoms with Gasteiger partial charge in [-0.25, -0.2) is 0 Å². The lowest BCUT2D eigenvalue weighted by Crippen LogP contribution is -2.01. The molecule has 4 heteroatoms. The molecule has 18 heavy (non-hydrogen) atoms. The second-order valence-electron chi connectivity index (χ2n) is 4.06. The van der Waals surface area contributed by atoms with Crippen molar-refractivity contribution in [1.29, 1.82) is 0 Å². The standard InChI is InChI=1S/C12H11F3O.C2H6/c1-7(2)8-3-4-10-9(5-8)6-11(16-10)12(13,14)15;1-2/h3-7H,1-2H3;1-2H3. The van der Waals surface area contributed by atoms with Crippen LogP contribution in [0.4, 0.5) is 13.2 Å². The Balaban J connectivity index is 0.000000771. The number of halogens is 3. The van der Waals surface area contributed by atoms with Crippen LogP contribution in [0.15, 0.2) is 28.7 Å². The van der Waals surface area contributed by atoms with Crippen LogP contribution in [-0.2, 0) is 6.18 Å². The second-order valence-corrected chi connectivity index (χ2v) is 4.06. The summed E-state index contributed by atoms with van der Waals surface area (Å²) in [6, 6.07) is 6.15. The summed E-state index contributed by atoms with van der Waals surface area (Å²) in [5.41, 5.74) is 1.28. The first-order valence-electron chi connectivity index (χ1n) is 5.98. The van der Waals surface area contributed by atoms with Crippen LogP contribution in [0.2, 0.25) is 0 Å². The Morgan fingerprint density at radius 2 is 1.67 bits per heavy atom. The molecular weight excluding hydrogens is 241 g/mol. The van der Waals surface area contributed by atoms with Gasteiger partial charge in [0, 0.05) is 5.39 Å². The first-order valence-corrected chi connectivity index (χ1v) is 5.98. The van der Waals surface area contributed by atoms with Gasteiger partial charge < -0.3 is 4.42 Å². The zero-order valence-corrected chi connectivity index (χ0v) is 10.9. The van der Waals surface area contributed by atoms with Crippen molar-refractivity contribution in [1.82, 2.24) is 0 Å². The maximum atomic E-state index is 12.4. The number of fused-ring (bicyclic) bond motifs is 1. The Bertz CT molecular complexity index is 509. The molecule has 0 saturated carbocycles. The third kappa shape index (κ3) is 3.06. The fourth-order valence-electron chi connectivity index (χ4n) is 1.56. The van der Waals surface area contributed by atoms with Gasteiger partial charge in [-0.3, -0.25) is 0 Å². The maximum Gasteiger partial charge on any atom is 0.449 e. The molecule has 100 valence electrons. The normalized spacial score (nSPS) is 11.6. The topological polar surface area (TPSA) is 13.1 Å². The third-order valence-corrected chi connectivity index (χ3v) is 2.49. The number of alkyl halides is 3. The van der Waals surface area contributed by atoms with Crippen molar-refractivity contribution >= 4 is 11.0 Å². The van der Waals surface area contributed by atoms with Gasteiger partial charge in [-0.05, 0) is 29.7 Å². The van der Waals surface area contributed by atoms with Crippen LogP contribution >= 0.6 is 0 Å². The maximum absolute atomic E-state index is 12.4. The SMILES string of the molecule is CC.CC(C)c1ccc2oc(C(F)(F)F)cc2c1. The Hall–Kier alpha value is -1.45. The molecule has 2 aromatic rings. The fraction of sp³-hybridized carbons (Fsp3) is 0.429. The highest BCUT2D eigenvalue weighted by Gasteiger charge is 2.35. The highest BCUT2D eigenvalue weighted by atomic mass is 19.4. The molecule has 0 aliphatic rings. The smallest absolute Gasteiger partial charge is 0.449 e. The van der Waals surface area contributed by atoms with Crippen LogP contribution < -0.4 is 0 Å². The van der Waals surface area contributed by atoms with E-state index in [-0.39, 0.29) is 11.5 Å². The van der Waals surface area contributed by atoms with Gasteiger partial charge in [0.25, 0.3) is 0 Å². The number of hydrogen-bond donors (Lipinski definition) is 0. The van der Waals surface area contributed by atoms with E-state index in [2.05, 4.69) is 0 Å². The number of rotatable bonds is 1. The van der Waals surface area contributed by atoms with E-state index in [1.165, 1.54) is 0 Å². The van der Waals surface area contributed by atoms with Crippen LogP contribution in [0.5, 0.6) is 0 Å². The van der Waals surface area contributed by atoms with Gasteiger partial charge in [-0.15, -0.1) is 0 Å². The number of furan rings is 1. The van der Waals surface area contributed by atoms with Crippen LogP contribution in [0.1, 0.15) is 44.9 Å². The summed E-state index contributed by atoms with van der Waals surface area (Å²) in [6.07, 6.45) is -4.42. The molecule has 0 atom stereocenters. The van der Waals surface area contributed by atoms with Crippen molar-refractivity contribution in [3.8, 4) is 0 Å². The highest BCUT2D eigenvalue weighted by Crippen LogP contribution is 2.34. The van der Waals surface area contributed by atoms with Gasteiger partial charge in [0.2, 0.25) is 5.76 Å². The van der Waals surface area contributed by atoms with Gasteiger partial charge in [0.1, 0.15) is 5.58 Å². The summed E-state index contributed by atoms with van der Waals surface area (Å²) in [5, 5.41) is 0.499. The molecule has 0 aliphatic heterocycles. The average Bonchev–Trinajstić information content (AvgIpc) is 2.73. The lowest BCUT2D eigenvalue weighted by molar-refractivity contribution is -0.152. The summed E-state index contributed by atoms with van der Waals surface area (Å²) in [5.74, 6) is -0.656. The molecule has 1 heterocycles. The molecule has 0 radical (unpaired) electrons. The number of hydrogen-bond acceptors (Lipinski definition) is 1. The summed E-state index contributed by atoms with van der Waals surface area (Å²) in [4.78, 5) is 0. The zero-order chi connectivity index (χ0) is 13.9. The van der Waals surface area contributed by atoms with Crippen LogP contribution in [0, 0.1) is 0 Å². The Labute approximate surface area is 105 Å². The molecule has 0 N–H and O–H groups in total. The summed E-state index contributed by atoms with van der Waals surface area (Å²) < 4.78 is 41.9. The molecule has 2 rings (SSSR count). The van der Waals surface area contributed by atoms with Crippen molar-refractivity contribution in [2.24, 2.45) is 0 Å². The Morgan fingerprint density at radius 1 is 1.06 bits per heavy atom. The van der Waals surface area contributed by atoms with E-state index in [0.717, 1.165) is 11.6 Å². The van der Waals surface area contributed by atoms with Gasteiger partial charge >= 0.3 is 6.18 Å². The first kappa shape index (κ1) is 14.6. The van der Waals surface area contributed by atoms with Crippen molar-refractivity contribution in [3.63, 3.8) is 0 Å². The minimum Gasteiger partial charge on any atom is -0.452 e. The van der Waals surface area contributed by atoms with Gasteiger partial charge in [-0.1, -0.05) is 33.8 Å². The molecular formula is C14H17F3O. The minimum absolute atomic E-state index is 0.275. The fourth-order valence-corrected chi connectivity index (χ4v) is 1.56. The molecule has 0 amide bonds. The van der Waals surface area contributed by atoms with Gasteiger partial charge in [0.05, 0.1) is 0 Å². The third-order valence-electron chi connectivity index (χ3n) is 2.49. The monoisotopic (exact) mass is 258 g/mol. The van der Waals surface area contributed by atoms with Crippen molar-refractivity contribution in [2.45, 2.75) is 39.8 Å². The minimum atomic E-state index is -4.42. The van der Waals surface area contributed by atoms with E-state index < -0.39 is 11.9 Å². The molecule has 0 aliphatic carbocycles. The van der Waals surface area contributed by atoms with E-state index in [0.29, 0.717) is 5.39 Å². The predicted molar refractivity (Wildman–Crippen MR) is 66.7 cm³/mol. The zero-order valence-electron chi connectivity index (χ0n) is 10.9. The second kappa shape index (κ2) is 5.46. The lowest BCUT2D eigenvalue weighted by atomic mass is 10.0. The van der Waals surface area contributed by atoms with Crippen LogP contribution in [-0.4, -0.2) is 0 Å². The Morgan fingerprint density at radius 3 is 2.17 bits per heavy atom. The lowest BCUT2D eigenvalue weighted by Gasteiger charge is -2.03. The molecule has 1 nitrogen and oxygen atoms in total. The summed E-state index contributed by atoms with van der Waals surface area (Å²) in [6.45, 7) is 7.98. The average molecular weight is 258 g/mol. The quantitative estimate of drug-likeness (QED) is 0.648. The Kier molecular flexibility index (Phi) is 4.43. The molecule has 1 aromatic heterocycles. The van der Waals surface area contributed by atoms with E-state index in [4.69, 9.17) is 4.42 Å². The van der Waals surface area contributed by atoms with E-state index in [1.54, 1.807) is 18.2 Å². The van der Waals surface area contributed by atoms with Gasteiger partial charge in [-0.2, -0.15) is 13.2 Å². The molecule has 0 spiro atoms. The molecule has 0 saturated heterocycles. The van der Waals surface area contributed by atoms with E-state index in [1.807, 2.05) is 27.7 Å². The van der Waals surface area contributed by atoms with Gasteiger partial charge in [0.15, 0.2) is 0 Å². The van der Waals surface area contributed by atoms with Crippen molar-refractivity contribution in [2.75, 3.05) is 0 Å². The molecule has 1 aromatic carbocycles. The van der Waals surface area contributed by atoms with Crippen LogP contribution in [0.25, 0.3) is 11.0 Å². The van der Waals surface area contributed by atoms with E-state index in [9.17, 15) is 13.2 Å². The molecule has 0 fully saturated rings.